The van der Waals surface area contributed by atoms with Gasteiger partial charge in [-0.3, -0.25) is 5.43 Å². The summed E-state index contributed by atoms with van der Waals surface area (Å²) in [6.45, 7) is 2.79. The number of thiocarbonyl (C=S) groups is 1. The summed E-state index contributed by atoms with van der Waals surface area (Å²) >= 11 is 5.27. The number of nitrogens with one attached hydrogen (secondary N) is 2. The van der Waals surface area contributed by atoms with Gasteiger partial charge in [0.1, 0.15) is 0 Å². The fraction of sp³-hybridized carbons (Fsp3) is 0.333. The molecule has 29 heavy (non-hydrogen) atoms. The molecule has 0 spiro atoms. The Morgan fingerprint density at radius 3 is 2.34 bits per heavy atom. The number of hydrogen-bond donors (Lipinski definition) is 2. The molecule has 0 aromatic heterocycles. The molecule has 2 N–H and O–H groups in total. The average Bonchev–Trinajstić information content (AvgIpc) is 2.74. The molecular weight excluding hydrogens is 390 g/mol. The highest BCUT2D eigenvalue weighted by Gasteiger charge is 2.06. The van der Waals surface area contributed by atoms with E-state index in [0.29, 0.717) is 29.0 Å². The van der Waals surface area contributed by atoms with Crippen LogP contribution in [0.15, 0.2) is 41.5 Å². The molecule has 0 saturated carbocycles. The smallest absolute Gasteiger partial charge is 0.191 e. The normalized spacial score (nSPS) is 10.5. The van der Waals surface area contributed by atoms with E-state index in [2.05, 4.69) is 22.8 Å². The number of ether oxygens (including phenoxy) is 4. The van der Waals surface area contributed by atoms with Crippen LogP contribution in [0.4, 0.5) is 5.69 Å². The van der Waals surface area contributed by atoms with Gasteiger partial charge in [-0.2, -0.15) is 5.10 Å². The quantitative estimate of drug-likeness (QED) is 0.260. The second-order valence-electron chi connectivity index (χ2n) is 6.01. The molecule has 2 rings (SSSR count). The van der Waals surface area contributed by atoms with Crippen molar-refractivity contribution in [2.45, 2.75) is 19.8 Å². The molecule has 0 aliphatic heterocycles. The number of hydrogen-bond acceptors (Lipinski definition) is 6. The molecule has 0 radical (unpaired) electrons. The van der Waals surface area contributed by atoms with Crippen molar-refractivity contribution in [3.05, 3.63) is 42.0 Å². The average molecular weight is 418 g/mol. The van der Waals surface area contributed by atoms with E-state index in [9.17, 15) is 0 Å². The standard InChI is InChI=1S/C21H27N3O4S/c1-5-6-11-28-18-9-7-15(12-19(18)26-3)14-22-24-21(29)23-16-8-10-17(25-2)20(13-16)27-4/h7-10,12-14H,5-6,11H2,1-4H3,(H2,23,24,29)/b22-14-. The lowest BCUT2D eigenvalue weighted by Gasteiger charge is -2.12. The number of anilines is 1. The summed E-state index contributed by atoms with van der Waals surface area (Å²) in [7, 11) is 4.78. The van der Waals surface area contributed by atoms with E-state index in [0.717, 1.165) is 29.8 Å². The van der Waals surface area contributed by atoms with Crippen LogP contribution in [0.25, 0.3) is 0 Å². The SMILES string of the molecule is CCCCOc1ccc(/C=N\NC(=S)Nc2ccc(OC)c(OC)c2)cc1OC. The third kappa shape index (κ3) is 6.83. The lowest BCUT2D eigenvalue weighted by molar-refractivity contribution is 0.288. The summed E-state index contributed by atoms with van der Waals surface area (Å²) in [5.74, 6) is 2.64. The number of nitrogens with zero attached hydrogens (tertiary/aromatic N) is 1. The molecule has 8 heteroatoms. The molecule has 2 aromatic rings. The lowest BCUT2D eigenvalue weighted by Crippen LogP contribution is -2.23. The van der Waals surface area contributed by atoms with Gasteiger partial charge in [-0.1, -0.05) is 13.3 Å². The van der Waals surface area contributed by atoms with Crippen molar-refractivity contribution >= 4 is 29.2 Å². The fourth-order valence-electron chi connectivity index (χ4n) is 2.45. The van der Waals surface area contributed by atoms with Crippen molar-refractivity contribution in [3.63, 3.8) is 0 Å². The van der Waals surface area contributed by atoms with Crippen LogP contribution >= 0.6 is 12.2 Å². The Kier molecular flexibility index (Phi) is 9.04. The Hall–Kier alpha value is -3.00. The van der Waals surface area contributed by atoms with E-state index in [1.807, 2.05) is 24.3 Å². The number of methoxy groups -OCH3 is 3. The Labute approximate surface area is 177 Å². The van der Waals surface area contributed by atoms with Crippen molar-refractivity contribution in [3.8, 4) is 23.0 Å². The molecule has 0 unspecified atom stereocenters. The molecule has 156 valence electrons. The van der Waals surface area contributed by atoms with Gasteiger partial charge in [0.05, 0.1) is 34.2 Å². The molecule has 0 atom stereocenters. The molecule has 0 amide bonds. The highest BCUT2D eigenvalue weighted by Crippen LogP contribution is 2.30. The zero-order valence-electron chi connectivity index (χ0n) is 17.2. The number of rotatable bonds is 10. The monoisotopic (exact) mass is 417 g/mol. The minimum atomic E-state index is 0.347. The fourth-order valence-corrected chi connectivity index (χ4v) is 2.62. The molecule has 0 aliphatic carbocycles. The lowest BCUT2D eigenvalue weighted by atomic mass is 10.2. The maximum atomic E-state index is 5.73. The van der Waals surface area contributed by atoms with Crippen LogP contribution in [-0.4, -0.2) is 39.3 Å². The molecule has 0 fully saturated rings. The van der Waals surface area contributed by atoms with E-state index >= 15 is 0 Å². The Bertz CT molecular complexity index is 843. The Balaban J connectivity index is 1.94. The first-order valence-corrected chi connectivity index (χ1v) is 9.65. The molecule has 0 heterocycles. The van der Waals surface area contributed by atoms with Gasteiger partial charge in [-0.25, -0.2) is 0 Å². The van der Waals surface area contributed by atoms with Crippen molar-refractivity contribution in [2.24, 2.45) is 5.10 Å². The van der Waals surface area contributed by atoms with E-state index in [1.165, 1.54) is 0 Å². The molecule has 7 nitrogen and oxygen atoms in total. The molecule has 0 bridgehead atoms. The zero-order chi connectivity index (χ0) is 21.1. The predicted molar refractivity (Wildman–Crippen MR) is 120 cm³/mol. The molecular formula is C21H27N3O4S. The second kappa shape index (κ2) is 11.8. The predicted octanol–water partition coefficient (Wildman–Crippen LogP) is 4.21. The van der Waals surface area contributed by atoms with Gasteiger partial charge in [-0.15, -0.1) is 0 Å². The van der Waals surface area contributed by atoms with Gasteiger partial charge in [-0.05, 0) is 54.5 Å². The van der Waals surface area contributed by atoms with Crippen LogP contribution < -0.4 is 29.7 Å². The second-order valence-corrected chi connectivity index (χ2v) is 6.41. The minimum absolute atomic E-state index is 0.347. The first-order valence-electron chi connectivity index (χ1n) is 9.24. The zero-order valence-corrected chi connectivity index (χ0v) is 18.0. The molecule has 0 aliphatic rings. The number of benzene rings is 2. The topological polar surface area (TPSA) is 73.3 Å². The van der Waals surface area contributed by atoms with Crippen molar-refractivity contribution < 1.29 is 18.9 Å². The number of unbranched alkanes of at least 4 members (excludes halogenated alkanes) is 1. The summed E-state index contributed by atoms with van der Waals surface area (Å²) in [6, 6.07) is 11.1. The maximum absolute atomic E-state index is 5.73. The summed E-state index contributed by atoms with van der Waals surface area (Å²) in [6.07, 6.45) is 3.73. The van der Waals surface area contributed by atoms with Gasteiger partial charge in [0, 0.05) is 11.8 Å². The van der Waals surface area contributed by atoms with E-state index < -0.39 is 0 Å². The molecule has 0 saturated heterocycles. The van der Waals surface area contributed by atoms with Crippen molar-refractivity contribution in [1.82, 2.24) is 5.43 Å². The largest absolute Gasteiger partial charge is 0.493 e. The van der Waals surface area contributed by atoms with Crippen LogP contribution in [0.5, 0.6) is 23.0 Å². The van der Waals surface area contributed by atoms with Gasteiger partial charge in [0.25, 0.3) is 0 Å². The third-order valence-corrected chi connectivity index (χ3v) is 4.16. The maximum Gasteiger partial charge on any atom is 0.191 e. The first-order chi connectivity index (χ1) is 14.1. The van der Waals surface area contributed by atoms with E-state index in [1.54, 1.807) is 39.7 Å². The molecule has 2 aromatic carbocycles. The highest BCUT2D eigenvalue weighted by molar-refractivity contribution is 7.80. The van der Waals surface area contributed by atoms with Gasteiger partial charge in [0.15, 0.2) is 28.1 Å². The van der Waals surface area contributed by atoms with E-state index in [-0.39, 0.29) is 0 Å². The van der Waals surface area contributed by atoms with Crippen LogP contribution in [0.3, 0.4) is 0 Å². The summed E-state index contributed by atoms with van der Waals surface area (Å²) in [5, 5.41) is 7.55. The summed E-state index contributed by atoms with van der Waals surface area (Å²) in [4.78, 5) is 0. The Morgan fingerprint density at radius 1 is 0.966 bits per heavy atom. The van der Waals surface area contributed by atoms with Crippen LogP contribution in [-0.2, 0) is 0 Å². The third-order valence-electron chi connectivity index (χ3n) is 3.96. The minimum Gasteiger partial charge on any atom is -0.493 e. The van der Waals surface area contributed by atoms with Gasteiger partial charge in [0.2, 0.25) is 0 Å². The first kappa shape index (κ1) is 22.3. The highest BCUT2D eigenvalue weighted by atomic mass is 32.1. The summed E-state index contributed by atoms with van der Waals surface area (Å²) < 4.78 is 21.6. The Morgan fingerprint density at radius 2 is 1.66 bits per heavy atom. The van der Waals surface area contributed by atoms with Crippen LogP contribution in [0.2, 0.25) is 0 Å². The van der Waals surface area contributed by atoms with Crippen molar-refractivity contribution in [1.29, 1.82) is 0 Å². The van der Waals surface area contributed by atoms with E-state index in [4.69, 9.17) is 31.2 Å². The van der Waals surface area contributed by atoms with Crippen molar-refractivity contribution in [2.75, 3.05) is 33.3 Å². The van der Waals surface area contributed by atoms with Gasteiger partial charge >= 0.3 is 0 Å². The van der Waals surface area contributed by atoms with Gasteiger partial charge < -0.3 is 24.3 Å². The summed E-state index contributed by atoms with van der Waals surface area (Å²) in [5.41, 5.74) is 4.39. The van der Waals surface area contributed by atoms with Crippen LogP contribution in [0, 0.1) is 0 Å². The number of hydrazone groups is 1. The van der Waals surface area contributed by atoms with Crippen LogP contribution in [0.1, 0.15) is 25.3 Å².